The molecular formula is C19H21N5O3. The molecule has 2 N–H and O–H groups in total. The van der Waals surface area contributed by atoms with E-state index < -0.39 is 0 Å². The Hall–Kier alpha value is -3.29. The summed E-state index contributed by atoms with van der Waals surface area (Å²) in [6.45, 7) is 3.24. The summed E-state index contributed by atoms with van der Waals surface area (Å²) in [7, 11) is 3.32. The van der Waals surface area contributed by atoms with Crippen LogP contribution in [-0.4, -0.2) is 45.9 Å². The van der Waals surface area contributed by atoms with E-state index in [1.54, 1.807) is 19.1 Å². The molecule has 1 aromatic carbocycles. The predicted molar refractivity (Wildman–Crippen MR) is 102 cm³/mol. The lowest BCUT2D eigenvalue weighted by Crippen LogP contribution is -2.37. The van der Waals surface area contributed by atoms with Gasteiger partial charge in [0.2, 0.25) is 0 Å². The number of benzene rings is 1. The SMILES string of the molecule is COc1ccccc1Cn1nc(C)c2c(c(N)c3n2CCN(C)C3=O)c1=O. The highest BCUT2D eigenvalue weighted by Crippen LogP contribution is 2.30. The minimum Gasteiger partial charge on any atom is -0.496 e. The summed E-state index contributed by atoms with van der Waals surface area (Å²) in [5, 5.41) is 4.84. The van der Waals surface area contributed by atoms with E-state index in [0.717, 1.165) is 5.56 Å². The first kappa shape index (κ1) is 17.1. The second-order valence-corrected chi connectivity index (χ2v) is 6.72. The Balaban J connectivity index is 1.93. The van der Waals surface area contributed by atoms with Gasteiger partial charge in [-0.1, -0.05) is 18.2 Å². The number of nitrogens with two attached hydrogens (primary N) is 1. The summed E-state index contributed by atoms with van der Waals surface area (Å²) < 4.78 is 8.57. The molecule has 1 aliphatic rings. The molecule has 0 atom stereocenters. The second kappa shape index (κ2) is 6.15. The lowest BCUT2D eigenvalue weighted by atomic mass is 10.2. The molecule has 4 rings (SSSR count). The van der Waals surface area contributed by atoms with Crippen LogP contribution in [0.1, 0.15) is 21.7 Å². The number of carbonyl (C=O) groups is 1. The molecule has 0 radical (unpaired) electrons. The molecule has 0 fully saturated rings. The van der Waals surface area contributed by atoms with Crippen LogP contribution in [0.4, 0.5) is 5.69 Å². The number of hydrogen-bond acceptors (Lipinski definition) is 5. The third kappa shape index (κ3) is 2.48. The van der Waals surface area contributed by atoms with Crippen molar-refractivity contribution >= 4 is 22.5 Å². The Morgan fingerprint density at radius 2 is 1.96 bits per heavy atom. The molecule has 3 heterocycles. The average molecular weight is 367 g/mol. The Morgan fingerprint density at radius 3 is 2.70 bits per heavy atom. The van der Waals surface area contributed by atoms with Gasteiger partial charge >= 0.3 is 0 Å². The van der Waals surface area contributed by atoms with Crippen molar-refractivity contribution in [3.8, 4) is 5.75 Å². The van der Waals surface area contributed by atoms with Crippen LogP contribution >= 0.6 is 0 Å². The fraction of sp³-hybridized carbons (Fsp3) is 0.316. The molecule has 140 valence electrons. The number of fused-ring (bicyclic) bond motifs is 3. The first-order chi connectivity index (χ1) is 12.9. The Morgan fingerprint density at radius 1 is 1.22 bits per heavy atom. The normalized spacial score (nSPS) is 13.9. The summed E-state index contributed by atoms with van der Waals surface area (Å²) in [6, 6.07) is 7.48. The number of anilines is 1. The van der Waals surface area contributed by atoms with E-state index in [-0.39, 0.29) is 23.7 Å². The highest BCUT2D eigenvalue weighted by Gasteiger charge is 2.30. The topological polar surface area (TPSA) is 95.4 Å². The number of amides is 1. The van der Waals surface area contributed by atoms with Crippen LogP contribution in [0.3, 0.4) is 0 Å². The van der Waals surface area contributed by atoms with E-state index in [9.17, 15) is 9.59 Å². The highest BCUT2D eigenvalue weighted by atomic mass is 16.5. The van der Waals surface area contributed by atoms with Crippen LogP contribution in [0, 0.1) is 6.92 Å². The van der Waals surface area contributed by atoms with Crippen LogP contribution in [0.25, 0.3) is 10.9 Å². The van der Waals surface area contributed by atoms with Crippen molar-refractivity contribution in [1.29, 1.82) is 0 Å². The molecule has 27 heavy (non-hydrogen) atoms. The Labute approximate surface area is 155 Å². The molecule has 0 unspecified atom stereocenters. The molecule has 0 bridgehead atoms. The van der Waals surface area contributed by atoms with Crippen LogP contribution in [0.5, 0.6) is 5.75 Å². The predicted octanol–water partition coefficient (Wildman–Crippen LogP) is 1.23. The molecule has 8 nitrogen and oxygen atoms in total. The summed E-state index contributed by atoms with van der Waals surface area (Å²) >= 11 is 0. The number of likely N-dealkylation sites (N-methyl/N-ethyl adjacent to an activating group) is 1. The maximum absolute atomic E-state index is 13.2. The lowest BCUT2D eigenvalue weighted by Gasteiger charge is -2.25. The van der Waals surface area contributed by atoms with Gasteiger partial charge < -0.3 is 19.9 Å². The number of carbonyl (C=O) groups excluding carboxylic acids is 1. The number of nitrogens with zero attached hydrogens (tertiary/aromatic N) is 4. The van der Waals surface area contributed by atoms with Crippen molar-refractivity contribution in [2.75, 3.05) is 26.4 Å². The molecule has 8 heteroatoms. The number of ether oxygens (including phenoxy) is 1. The molecule has 2 aromatic heterocycles. The molecule has 1 amide bonds. The van der Waals surface area contributed by atoms with Gasteiger partial charge in [-0.3, -0.25) is 9.59 Å². The molecule has 3 aromatic rings. The smallest absolute Gasteiger partial charge is 0.278 e. The van der Waals surface area contributed by atoms with Crippen LogP contribution in [-0.2, 0) is 13.1 Å². The molecular weight excluding hydrogens is 346 g/mol. The number of methoxy groups -OCH3 is 1. The van der Waals surface area contributed by atoms with Gasteiger partial charge in [0.1, 0.15) is 11.4 Å². The number of para-hydroxylation sites is 1. The van der Waals surface area contributed by atoms with Gasteiger partial charge in [-0.25, -0.2) is 4.68 Å². The fourth-order valence-electron chi connectivity index (χ4n) is 3.72. The highest BCUT2D eigenvalue weighted by molar-refractivity contribution is 6.08. The minimum atomic E-state index is -0.309. The van der Waals surface area contributed by atoms with Crippen molar-refractivity contribution in [3.05, 3.63) is 51.6 Å². The number of rotatable bonds is 3. The number of aryl methyl sites for hydroxylation is 1. The van der Waals surface area contributed by atoms with Gasteiger partial charge in [0.15, 0.2) is 0 Å². The summed E-state index contributed by atoms with van der Waals surface area (Å²) in [4.78, 5) is 27.3. The van der Waals surface area contributed by atoms with Crippen molar-refractivity contribution in [1.82, 2.24) is 19.2 Å². The largest absolute Gasteiger partial charge is 0.496 e. The van der Waals surface area contributed by atoms with Crippen LogP contribution < -0.4 is 16.0 Å². The summed E-state index contributed by atoms with van der Waals surface area (Å²) in [6.07, 6.45) is 0. The molecule has 0 aliphatic carbocycles. The third-order valence-electron chi connectivity index (χ3n) is 5.08. The van der Waals surface area contributed by atoms with E-state index in [0.29, 0.717) is 41.1 Å². The van der Waals surface area contributed by atoms with E-state index in [4.69, 9.17) is 10.5 Å². The van der Waals surface area contributed by atoms with Gasteiger partial charge in [0.25, 0.3) is 11.5 Å². The van der Waals surface area contributed by atoms with E-state index >= 15 is 0 Å². The maximum Gasteiger partial charge on any atom is 0.278 e. The monoisotopic (exact) mass is 367 g/mol. The Kier molecular flexibility index (Phi) is 3.91. The molecule has 0 saturated carbocycles. The van der Waals surface area contributed by atoms with Gasteiger partial charge in [-0.15, -0.1) is 0 Å². The summed E-state index contributed by atoms with van der Waals surface area (Å²) in [5.74, 6) is 0.509. The zero-order chi connectivity index (χ0) is 19.3. The summed E-state index contributed by atoms with van der Waals surface area (Å²) in [5.41, 5.74) is 8.70. The first-order valence-electron chi connectivity index (χ1n) is 8.70. The number of nitrogen functional groups attached to an aromatic ring is 1. The zero-order valence-corrected chi connectivity index (χ0v) is 15.5. The first-order valence-corrected chi connectivity index (χ1v) is 8.70. The van der Waals surface area contributed by atoms with Gasteiger partial charge in [0.05, 0.1) is 35.9 Å². The quantitative estimate of drug-likeness (QED) is 0.751. The van der Waals surface area contributed by atoms with Crippen LogP contribution in [0.2, 0.25) is 0 Å². The van der Waals surface area contributed by atoms with Crippen molar-refractivity contribution in [2.24, 2.45) is 0 Å². The number of hydrogen-bond donors (Lipinski definition) is 1. The van der Waals surface area contributed by atoms with Gasteiger partial charge in [-0.2, -0.15) is 5.10 Å². The lowest BCUT2D eigenvalue weighted by molar-refractivity contribution is 0.0752. The van der Waals surface area contributed by atoms with Crippen molar-refractivity contribution < 1.29 is 9.53 Å². The van der Waals surface area contributed by atoms with E-state index in [1.807, 2.05) is 35.8 Å². The van der Waals surface area contributed by atoms with Crippen molar-refractivity contribution in [2.45, 2.75) is 20.0 Å². The zero-order valence-electron chi connectivity index (χ0n) is 15.5. The molecule has 0 saturated heterocycles. The standard InChI is InChI=1S/C19H21N5O3/c1-11-16-14(15(20)17-19(26)22(2)8-9-23(16)17)18(25)24(21-11)10-12-6-4-5-7-13(12)27-3/h4-7H,8-10,20H2,1-3H3. The second-order valence-electron chi connectivity index (χ2n) is 6.72. The van der Waals surface area contributed by atoms with E-state index in [2.05, 4.69) is 5.10 Å². The molecule has 0 spiro atoms. The number of aromatic nitrogens is 3. The minimum absolute atomic E-state index is 0.176. The van der Waals surface area contributed by atoms with Crippen molar-refractivity contribution in [3.63, 3.8) is 0 Å². The van der Waals surface area contributed by atoms with Gasteiger partial charge in [0, 0.05) is 25.7 Å². The average Bonchev–Trinajstić information content (AvgIpc) is 2.97. The fourth-order valence-corrected chi connectivity index (χ4v) is 3.72. The maximum atomic E-state index is 13.2. The van der Waals surface area contributed by atoms with Crippen LogP contribution in [0.15, 0.2) is 29.1 Å². The Bertz CT molecular complexity index is 1130. The van der Waals surface area contributed by atoms with E-state index in [1.165, 1.54) is 4.68 Å². The molecule has 1 aliphatic heterocycles. The third-order valence-corrected chi connectivity index (χ3v) is 5.08. The van der Waals surface area contributed by atoms with Gasteiger partial charge in [-0.05, 0) is 13.0 Å².